The maximum absolute atomic E-state index is 5.85. The van der Waals surface area contributed by atoms with E-state index in [9.17, 15) is 0 Å². The molecule has 6 nitrogen and oxygen atoms in total. The third-order valence-corrected chi connectivity index (χ3v) is 3.49. The van der Waals surface area contributed by atoms with Crippen molar-refractivity contribution in [2.75, 3.05) is 47.5 Å². The molecule has 0 aromatic heterocycles. The summed E-state index contributed by atoms with van der Waals surface area (Å²) in [5.41, 5.74) is 1.13. The molecule has 0 unspecified atom stereocenters. The largest absolute Gasteiger partial charge is 0.492 e. The Balaban J connectivity index is 0.00000625. The Morgan fingerprint density at radius 1 is 1.19 bits per heavy atom. The number of rotatable bonds is 9. The number of likely N-dealkylation sites (N-methyl/N-ethyl adjacent to an activating group) is 1. The molecule has 0 spiro atoms. The predicted molar refractivity (Wildman–Crippen MR) is 120 cm³/mol. The molecule has 0 radical (unpaired) electrons. The second kappa shape index (κ2) is 13.2. The van der Waals surface area contributed by atoms with Gasteiger partial charge in [-0.1, -0.05) is 12.1 Å². The fraction of sp³-hybridized carbons (Fsp3) is 0.632. The van der Waals surface area contributed by atoms with Crippen LogP contribution in [-0.4, -0.2) is 63.9 Å². The lowest BCUT2D eigenvalue weighted by Crippen LogP contribution is -2.47. The van der Waals surface area contributed by atoms with Gasteiger partial charge in [-0.15, -0.1) is 24.0 Å². The lowest BCUT2D eigenvalue weighted by Gasteiger charge is -2.23. The van der Waals surface area contributed by atoms with Crippen LogP contribution in [-0.2, 0) is 11.3 Å². The van der Waals surface area contributed by atoms with Crippen LogP contribution in [0, 0.1) is 0 Å². The molecule has 0 fully saturated rings. The van der Waals surface area contributed by atoms with Crippen LogP contribution in [0.25, 0.3) is 0 Å². The number of nitrogens with zero attached hydrogens (tertiary/aromatic N) is 2. The van der Waals surface area contributed by atoms with Gasteiger partial charge in [0.2, 0.25) is 0 Å². The summed E-state index contributed by atoms with van der Waals surface area (Å²) < 4.78 is 10.9. The summed E-state index contributed by atoms with van der Waals surface area (Å²) in [4.78, 5) is 6.44. The van der Waals surface area contributed by atoms with Gasteiger partial charge in [0, 0.05) is 39.3 Å². The first-order valence-electron chi connectivity index (χ1n) is 8.72. The second-order valence-corrected chi connectivity index (χ2v) is 7.09. The molecule has 150 valence electrons. The van der Waals surface area contributed by atoms with E-state index in [1.807, 2.05) is 12.1 Å². The summed E-state index contributed by atoms with van der Waals surface area (Å²) in [6.07, 6.45) is 0. The number of aliphatic imine (C=N–C) groups is 1. The average Bonchev–Trinajstić information content (AvgIpc) is 2.56. The highest BCUT2D eigenvalue weighted by Crippen LogP contribution is 2.13. The molecule has 0 aliphatic heterocycles. The van der Waals surface area contributed by atoms with Crippen LogP contribution >= 0.6 is 24.0 Å². The van der Waals surface area contributed by atoms with E-state index in [1.54, 1.807) is 14.2 Å². The molecule has 0 saturated heterocycles. The van der Waals surface area contributed by atoms with E-state index in [2.05, 4.69) is 60.5 Å². The van der Waals surface area contributed by atoms with E-state index in [4.69, 9.17) is 9.47 Å². The summed E-state index contributed by atoms with van der Waals surface area (Å²) in [6, 6.07) is 8.14. The van der Waals surface area contributed by atoms with Crippen molar-refractivity contribution in [3.05, 3.63) is 29.8 Å². The highest BCUT2D eigenvalue weighted by Gasteiger charge is 2.11. The molecule has 26 heavy (non-hydrogen) atoms. The fourth-order valence-electron chi connectivity index (χ4n) is 2.14. The van der Waals surface area contributed by atoms with Gasteiger partial charge in [0.05, 0.1) is 6.61 Å². The van der Waals surface area contributed by atoms with Gasteiger partial charge in [0.15, 0.2) is 5.96 Å². The summed E-state index contributed by atoms with van der Waals surface area (Å²) in [5.74, 6) is 1.68. The maximum Gasteiger partial charge on any atom is 0.191 e. The standard InChI is InChI=1S/C19H34N4O2.HI/c1-19(2,3)22-18(20-4)21-15-16-8-7-9-17(14-16)25-13-11-23(5)10-12-24-6;/h7-9,14H,10-13,15H2,1-6H3,(H2,20,21,22);1H. The quantitative estimate of drug-likeness (QED) is 0.325. The van der Waals surface area contributed by atoms with Gasteiger partial charge >= 0.3 is 0 Å². The zero-order chi connectivity index (χ0) is 18.7. The fourth-order valence-corrected chi connectivity index (χ4v) is 2.14. The molecule has 1 aromatic carbocycles. The highest BCUT2D eigenvalue weighted by molar-refractivity contribution is 14.0. The lowest BCUT2D eigenvalue weighted by atomic mass is 10.1. The molecule has 7 heteroatoms. The van der Waals surface area contributed by atoms with Crippen LogP contribution in [0.15, 0.2) is 29.3 Å². The number of benzene rings is 1. The SMILES string of the molecule is CN=C(NCc1cccc(OCCN(C)CCOC)c1)NC(C)(C)C.I. The molecule has 0 aliphatic carbocycles. The van der Waals surface area contributed by atoms with Crippen molar-refractivity contribution >= 4 is 29.9 Å². The molecule has 0 amide bonds. The van der Waals surface area contributed by atoms with Crippen LogP contribution in [0.5, 0.6) is 5.75 Å². The average molecular weight is 478 g/mol. The van der Waals surface area contributed by atoms with Crippen molar-refractivity contribution in [3.8, 4) is 5.75 Å². The summed E-state index contributed by atoms with van der Waals surface area (Å²) in [5, 5.41) is 6.67. The zero-order valence-electron chi connectivity index (χ0n) is 17.0. The first kappa shape index (κ1) is 24.9. The summed E-state index contributed by atoms with van der Waals surface area (Å²) in [7, 11) is 5.56. The van der Waals surface area contributed by atoms with Gasteiger partial charge in [-0.25, -0.2) is 0 Å². The zero-order valence-corrected chi connectivity index (χ0v) is 19.3. The number of ether oxygens (including phenoxy) is 2. The lowest BCUT2D eigenvalue weighted by molar-refractivity contribution is 0.150. The van der Waals surface area contributed by atoms with Crippen molar-refractivity contribution in [2.45, 2.75) is 32.9 Å². The normalized spacial score (nSPS) is 11.9. The first-order valence-corrected chi connectivity index (χ1v) is 8.72. The van der Waals surface area contributed by atoms with E-state index in [0.29, 0.717) is 13.2 Å². The molecular weight excluding hydrogens is 443 g/mol. The van der Waals surface area contributed by atoms with Crippen molar-refractivity contribution < 1.29 is 9.47 Å². The molecule has 1 rings (SSSR count). The molecule has 0 saturated carbocycles. The second-order valence-electron chi connectivity index (χ2n) is 7.09. The predicted octanol–water partition coefficient (Wildman–Crippen LogP) is 2.73. The van der Waals surface area contributed by atoms with Gasteiger partial charge in [-0.2, -0.15) is 0 Å². The number of guanidine groups is 1. The topological polar surface area (TPSA) is 58.1 Å². The number of halogens is 1. The summed E-state index contributed by atoms with van der Waals surface area (Å²) >= 11 is 0. The molecular formula is C19H35IN4O2. The first-order chi connectivity index (χ1) is 11.8. The molecule has 2 N–H and O–H groups in total. The minimum Gasteiger partial charge on any atom is -0.492 e. The van der Waals surface area contributed by atoms with Gasteiger partial charge in [0.25, 0.3) is 0 Å². The van der Waals surface area contributed by atoms with Crippen LogP contribution in [0.3, 0.4) is 0 Å². The van der Waals surface area contributed by atoms with Crippen molar-refractivity contribution in [2.24, 2.45) is 4.99 Å². The Kier molecular flexibility index (Phi) is 12.6. The summed E-state index contributed by atoms with van der Waals surface area (Å²) in [6.45, 7) is 10.2. The Morgan fingerprint density at radius 2 is 1.88 bits per heavy atom. The minimum absolute atomic E-state index is 0. The molecule has 0 aliphatic rings. The van der Waals surface area contributed by atoms with E-state index >= 15 is 0 Å². The van der Waals surface area contributed by atoms with Crippen molar-refractivity contribution in [3.63, 3.8) is 0 Å². The van der Waals surface area contributed by atoms with Gasteiger partial charge in [0.1, 0.15) is 12.4 Å². The van der Waals surface area contributed by atoms with Crippen molar-refractivity contribution in [1.29, 1.82) is 0 Å². The van der Waals surface area contributed by atoms with Crippen LogP contribution in [0.1, 0.15) is 26.3 Å². The van der Waals surface area contributed by atoms with E-state index in [0.717, 1.165) is 37.0 Å². The van der Waals surface area contributed by atoms with E-state index < -0.39 is 0 Å². The van der Waals surface area contributed by atoms with Gasteiger partial charge < -0.3 is 25.0 Å². The number of methoxy groups -OCH3 is 1. The maximum atomic E-state index is 5.85. The third-order valence-electron chi connectivity index (χ3n) is 3.49. The Bertz CT molecular complexity index is 533. The molecule has 0 atom stereocenters. The Labute approximate surface area is 175 Å². The van der Waals surface area contributed by atoms with E-state index in [-0.39, 0.29) is 29.5 Å². The van der Waals surface area contributed by atoms with Crippen LogP contribution < -0.4 is 15.4 Å². The smallest absolute Gasteiger partial charge is 0.191 e. The van der Waals surface area contributed by atoms with Crippen LogP contribution in [0.4, 0.5) is 0 Å². The Morgan fingerprint density at radius 3 is 2.50 bits per heavy atom. The number of hydrogen-bond acceptors (Lipinski definition) is 4. The molecule has 1 aromatic rings. The van der Waals surface area contributed by atoms with E-state index in [1.165, 1.54) is 0 Å². The number of hydrogen-bond donors (Lipinski definition) is 2. The monoisotopic (exact) mass is 478 g/mol. The highest BCUT2D eigenvalue weighted by atomic mass is 127. The van der Waals surface area contributed by atoms with Gasteiger partial charge in [-0.3, -0.25) is 4.99 Å². The minimum atomic E-state index is -0.0261. The Hall–Kier alpha value is -1.06. The molecule has 0 bridgehead atoms. The van der Waals surface area contributed by atoms with Crippen molar-refractivity contribution in [1.82, 2.24) is 15.5 Å². The third kappa shape index (κ3) is 11.5. The van der Waals surface area contributed by atoms with Crippen LogP contribution in [0.2, 0.25) is 0 Å². The van der Waals surface area contributed by atoms with Gasteiger partial charge in [-0.05, 0) is 45.5 Å². The molecule has 0 heterocycles. The number of nitrogens with one attached hydrogen (secondary N) is 2.